The molecule has 0 aliphatic heterocycles. The Morgan fingerprint density at radius 3 is 2.83 bits per heavy atom. The number of hydrogen-bond donors (Lipinski definition) is 1. The number of amides is 2. The zero-order valence-corrected chi connectivity index (χ0v) is 14.8. The molecule has 0 saturated carbocycles. The topological polar surface area (TPSA) is 101 Å². The first-order valence-corrected chi connectivity index (χ1v) is 8.25. The molecule has 0 spiro atoms. The van der Waals surface area contributed by atoms with E-state index in [9.17, 15) is 14.9 Å². The molecule has 0 radical (unpaired) electrons. The molecular weight excluding hydrogens is 330 g/mol. The third kappa shape index (κ3) is 3.67. The van der Waals surface area contributed by atoms with E-state index in [4.69, 9.17) is 0 Å². The van der Waals surface area contributed by atoms with Gasteiger partial charge in [0.05, 0.1) is 21.7 Å². The van der Waals surface area contributed by atoms with Crippen LogP contribution in [0.3, 0.4) is 0 Å². The first-order valence-electron chi connectivity index (χ1n) is 7.43. The second kappa shape index (κ2) is 7.35. The van der Waals surface area contributed by atoms with Crippen LogP contribution in [0.2, 0.25) is 0 Å². The highest BCUT2D eigenvalue weighted by molar-refractivity contribution is 7.11. The summed E-state index contributed by atoms with van der Waals surface area (Å²) < 4.78 is 0. The quantitative estimate of drug-likeness (QED) is 0.657. The number of thiazole rings is 1. The Balaban J connectivity index is 2.17. The second-order valence-electron chi connectivity index (χ2n) is 5.28. The van der Waals surface area contributed by atoms with Crippen LogP contribution < -0.4 is 5.32 Å². The van der Waals surface area contributed by atoms with Gasteiger partial charge in [-0.05, 0) is 26.3 Å². The molecule has 2 rings (SSSR count). The fourth-order valence-electron chi connectivity index (χ4n) is 2.20. The first-order chi connectivity index (χ1) is 11.3. The average Bonchev–Trinajstić information content (AvgIpc) is 2.94. The van der Waals surface area contributed by atoms with Gasteiger partial charge >= 0.3 is 11.7 Å². The molecule has 1 atom stereocenters. The number of aryl methyl sites for hydroxylation is 2. The van der Waals surface area contributed by atoms with Crippen molar-refractivity contribution in [2.75, 3.05) is 12.4 Å². The Kier molecular flexibility index (Phi) is 5.45. The lowest BCUT2D eigenvalue weighted by Crippen LogP contribution is -2.33. The number of rotatable bonds is 5. The molecule has 0 aromatic carbocycles. The largest absolute Gasteiger partial charge is 0.322 e. The summed E-state index contributed by atoms with van der Waals surface area (Å²) in [6.07, 6.45) is 3.35. The summed E-state index contributed by atoms with van der Waals surface area (Å²) in [5.41, 5.74) is 0.780. The molecule has 2 amide bonds. The number of nitrogens with zero attached hydrogens (tertiary/aromatic N) is 4. The second-order valence-corrected chi connectivity index (χ2v) is 6.39. The van der Waals surface area contributed by atoms with Crippen LogP contribution in [0.25, 0.3) is 0 Å². The summed E-state index contributed by atoms with van der Waals surface area (Å²) >= 11 is 1.58. The number of hydrogen-bond acceptors (Lipinski definition) is 6. The van der Waals surface area contributed by atoms with Crippen LogP contribution in [0, 0.1) is 17.0 Å². The number of nitro groups is 1. The fraction of sp³-hybridized carbons (Fsp3) is 0.400. The highest BCUT2D eigenvalue weighted by atomic mass is 32.1. The van der Waals surface area contributed by atoms with E-state index in [-0.39, 0.29) is 17.4 Å². The van der Waals surface area contributed by atoms with Crippen LogP contribution in [0.1, 0.15) is 35.5 Å². The van der Waals surface area contributed by atoms with E-state index >= 15 is 0 Å². The Bertz CT molecular complexity index is 761. The Labute approximate surface area is 143 Å². The van der Waals surface area contributed by atoms with E-state index in [2.05, 4.69) is 15.3 Å². The molecule has 24 heavy (non-hydrogen) atoms. The molecule has 0 saturated heterocycles. The highest BCUT2D eigenvalue weighted by Gasteiger charge is 2.24. The van der Waals surface area contributed by atoms with Crippen molar-refractivity contribution in [2.45, 2.75) is 33.2 Å². The minimum absolute atomic E-state index is 0.120. The summed E-state index contributed by atoms with van der Waals surface area (Å²) in [6.45, 7) is 5.85. The van der Waals surface area contributed by atoms with E-state index < -0.39 is 11.0 Å². The molecule has 0 aliphatic rings. The Morgan fingerprint density at radius 2 is 2.25 bits per heavy atom. The molecule has 2 heterocycles. The van der Waals surface area contributed by atoms with Crippen LogP contribution >= 0.6 is 11.3 Å². The van der Waals surface area contributed by atoms with Gasteiger partial charge in [-0.2, -0.15) is 0 Å². The number of nitrogens with one attached hydrogen (secondary N) is 1. The van der Waals surface area contributed by atoms with Gasteiger partial charge in [-0.15, -0.1) is 11.3 Å². The van der Waals surface area contributed by atoms with Crippen LogP contribution in [-0.2, 0) is 6.42 Å². The van der Waals surface area contributed by atoms with Crippen molar-refractivity contribution >= 4 is 28.7 Å². The number of aromatic nitrogens is 2. The summed E-state index contributed by atoms with van der Waals surface area (Å²) in [5, 5.41) is 14.6. The minimum atomic E-state index is -0.576. The maximum atomic E-state index is 12.4. The average molecular weight is 349 g/mol. The molecule has 8 nitrogen and oxygen atoms in total. The van der Waals surface area contributed by atoms with E-state index in [0.717, 1.165) is 28.2 Å². The molecule has 128 valence electrons. The number of carbonyl (C=O) groups excluding carboxylic acids is 1. The molecule has 0 unspecified atom stereocenters. The first kappa shape index (κ1) is 17.8. The van der Waals surface area contributed by atoms with Gasteiger partial charge in [0.15, 0.2) is 0 Å². The normalized spacial score (nSPS) is 11.8. The highest BCUT2D eigenvalue weighted by Crippen LogP contribution is 2.30. The smallest absolute Gasteiger partial charge is 0.320 e. The van der Waals surface area contributed by atoms with Crippen molar-refractivity contribution in [3.8, 4) is 0 Å². The van der Waals surface area contributed by atoms with Crippen molar-refractivity contribution in [3.05, 3.63) is 44.2 Å². The van der Waals surface area contributed by atoms with Gasteiger partial charge in [-0.25, -0.2) is 9.78 Å². The van der Waals surface area contributed by atoms with Gasteiger partial charge < -0.3 is 10.2 Å². The lowest BCUT2D eigenvalue weighted by atomic mass is 10.2. The van der Waals surface area contributed by atoms with E-state index in [0.29, 0.717) is 0 Å². The summed E-state index contributed by atoms with van der Waals surface area (Å²) in [5.74, 6) is 0. The molecule has 0 fully saturated rings. The zero-order chi connectivity index (χ0) is 17.9. The van der Waals surface area contributed by atoms with E-state index in [1.165, 1.54) is 17.2 Å². The standard InChI is InChI=1S/C15H19N5O3S/c1-5-13-17-9(2)14(24-13)10(3)19(4)15(21)18-11-6-7-16-8-12(11)20(22)23/h6-8,10H,5H2,1-4H3,(H,16,18,21)/t10-/m1/s1. The molecule has 1 N–H and O–H groups in total. The van der Waals surface area contributed by atoms with Crippen LogP contribution in [0.4, 0.5) is 16.2 Å². The summed E-state index contributed by atoms with van der Waals surface area (Å²) in [6, 6.07) is 0.785. The summed E-state index contributed by atoms with van der Waals surface area (Å²) in [7, 11) is 1.65. The molecule has 2 aromatic rings. The summed E-state index contributed by atoms with van der Waals surface area (Å²) in [4.78, 5) is 33.6. The van der Waals surface area contributed by atoms with Crippen molar-refractivity contribution in [1.29, 1.82) is 0 Å². The predicted octanol–water partition coefficient (Wildman–Crippen LogP) is 3.54. The number of anilines is 1. The molecule has 0 bridgehead atoms. The van der Waals surface area contributed by atoms with Gasteiger partial charge in [-0.3, -0.25) is 15.1 Å². The van der Waals surface area contributed by atoms with Gasteiger partial charge in [0.1, 0.15) is 11.9 Å². The number of urea groups is 1. The lowest BCUT2D eigenvalue weighted by molar-refractivity contribution is -0.384. The number of carbonyl (C=O) groups is 1. The third-order valence-electron chi connectivity index (χ3n) is 3.70. The van der Waals surface area contributed by atoms with Gasteiger partial charge in [-0.1, -0.05) is 6.92 Å². The fourth-order valence-corrected chi connectivity index (χ4v) is 3.30. The van der Waals surface area contributed by atoms with Gasteiger partial charge in [0.2, 0.25) is 0 Å². The maximum absolute atomic E-state index is 12.4. The van der Waals surface area contributed by atoms with Crippen molar-refractivity contribution in [2.24, 2.45) is 0 Å². The maximum Gasteiger partial charge on any atom is 0.322 e. The predicted molar refractivity (Wildman–Crippen MR) is 92.3 cm³/mol. The third-order valence-corrected chi connectivity index (χ3v) is 5.17. The molecule has 9 heteroatoms. The minimum Gasteiger partial charge on any atom is -0.320 e. The zero-order valence-electron chi connectivity index (χ0n) is 13.9. The Morgan fingerprint density at radius 1 is 1.54 bits per heavy atom. The Hall–Kier alpha value is -2.55. The van der Waals surface area contributed by atoms with E-state index in [1.807, 2.05) is 20.8 Å². The van der Waals surface area contributed by atoms with Crippen molar-refractivity contribution in [1.82, 2.24) is 14.9 Å². The van der Waals surface area contributed by atoms with E-state index in [1.54, 1.807) is 18.4 Å². The van der Waals surface area contributed by atoms with Gasteiger partial charge in [0, 0.05) is 18.1 Å². The SMILES string of the molecule is CCc1nc(C)c([C@@H](C)N(C)C(=O)Nc2ccncc2[N+](=O)[O-])s1. The van der Waals surface area contributed by atoms with Gasteiger partial charge in [0.25, 0.3) is 0 Å². The molecule has 2 aromatic heterocycles. The number of pyridine rings is 1. The van der Waals surface area contributed by atoms with Crippen molar-refractivity contribution < 1.29 is 9.72 Å². The van der Waals surface area contributed by atoms with Crippen molar-refractivity contribution in [3.63, 3.8) is 0 Å². The monoisotopic (exact) mass is 349 g/mol. The molecular formula is C15H19N5O3S. The van der Waals surface area contributed by atoms with Crippen LogP contribution in [0.5, 0.6) is 0 Å². The van der Waals surface area contributed by atoms with Crippen LogP contribution in [0.15, 0.2) is 18.5 Å². The molecule has 0 aliphatic carbocycles. The lowest BCUT2D eigenvalue weighted by Gasteiger charge is -2.24. The van der Waals surface area contributed by atoms with Crippen LogP contribution in [-0.4, -0.2) is 32.9 Å².